The molecule has 0 radical (unpaired) electrons. The predicted molar refractivity (Wildman–Crippen MR) is 68.2 cm³/mol. The van der Waals surface area contributed by atoms with Crippen molar-refractivity contribution in [1.29, 1.82) is 0 Å². The molecule has 1 heterocycles. The molecule has 3 nitrogen and oxygen atoms in total. The molecule has 1 aliphatic rings. The van der Waals surface area contributed by atoms with Gasteiger partial charge in [-0.25, -0.2) is 0 Å². The van der Waals surface area contributed by atoms with Gasteiger partial charge in [0, 0.05) is 25.2 Å². The first-order valence-corrected chi connectivity index (χ1v) is 6.74. The Labute approximate surface area is 101 Å². The van der Waals surface area contributed by atoms with E-state index in [-0.39, 0.29) is 0 Å². The molecule has 90 valence electrons. The lowest BCUT2D eigenvalue weighted by molar-refractivity contribution is 0.408. The fourth-order valence-corrected chi connectivity index (χ4v) is 2.40. The average molecular weight is 240 g/mol. The summed E-state index contributed by atoms with van der Waals surface area (Å²) >= 11 is 1.74. The molecule has 1 aromatic rings. The summed E-state index contributed by atoms with van der Waals surface area (Å²) in [6.45, 7) is 4.17. The molecule has 1 atom stereocenters. The highest BCUT2D eigenvalue weighted by Crippen LogP contribution is 2.24. The van der Waals surface area contributed by atoms with Gasteiger partial charge in [0.2, 0.25) is 0 Å². The Morgan fingerprint density at radius 3 is 3.06 bits per heavy atom. The van der Waals surface area contributed by atoms with Gasteiger partial charge >= 0.3 is 0 Å². The first-order valence-electron chi connectivity index (χ1n) is 5.86. The highest BCUT2D eigenvalue weighted by molar-refractivity contribution is 7.10. The maximum absolute atomic E-state index is 5.28. The average Bonchev–Trinajstić information content (AvgIpc) is 3.01. The molecule has 4 heteroatoms. The first kappa shape index (κ1) is 11.9. The van der Waals surface area contributed by atoms with Crippen molar-refractivity contribution in [3.8, 4) is 5.75 Å². The Balaban J connectivity index is 1.68. The number of thiophene rings is 1. The summed E-state index contributed by atoms with van der Waals surface area (Å²) < 4.78 is 5.28. The number of hydrogen-bond donors (Lipinski definition) is 2. The molecule has 16 heavy (non-hydrogen) atoms. The van der Waals surface area contributed by atoms with Gasteiger partial charge in [0.15, 0.2) is 0 Å². The number of rotatable bonds is 7. The standard InChI is InChI=1S/C12H20N2OS/c1-9(7-14-10-3-4-10)13-8-12-11(15-2)5-6-16-12/h5-6,9-10,13-14H,3-4,7-8H2,1-2H3. The van der Waals surface area contributed by atoms with Crippen LogP contribution in [0, 0.1) is 0 Å². The monoisotopic (exact) mass is 240 g/mol. The van der Waals surface area contributed by atoms with Crippen LogP contribution in [0.5, 0.6) is 5.75 Å². The van der Waals surface area contributed by atoms with Gasteiger partial charge in [-0.2, -0.15) is 0 Å². The Morgan fingerprint density at radius 1 is 1.56 bits per heavy atom. The minimum absolute atomic E-state index is 0.507. The maximum atomic E-state index is 5.28. The zero-order valence-electron chi connectivity index (χ0n) is 9.95. The summed E-state index contributed by atoms with van der Waals surface area (Å²) in [6.07, 6.45) is 2.71. The zero-order valence-corrected chi connectivity index (χ0v) is 10.8. The summed E-state index contributed by atoms with van der Waals surface area (Å²) in [7, 11) is 1.73. The number of methoxy groups -OCH3 is 1. The van der Waals surface area contributed by atoms with E-state index in [4.69, 9.17) is 4.74 Å². The molecule has 0 aromatic carbocycles. The van der Waals surface area contributed by atoms with E-state index in [1.165, 1.54) is 17.7 Å². The van der Waals surface area contributed by atoms with Crippen LogP contribution in [-0.2, 0) is 6.54 Å². The van der Waals surface area contributed by atoms with E-state index in [9.17, 15) is 0 Å². The van der Waals surface area contributed by atoms with Crippen molar-refractivity contribution in [2.75, 3.05) is 13.7 Å². The third kappa shape index (κ3) is 3.47. The second-order valence-corrected chi connectivity index (χ2v) is 5.38. The van der Waals surface area contributed by atoms with E-state index in [2.05, 4.69) is 22.9 Å². The van der Waals surface area contributed by atoms with Crippen molar-refractivity contribution in [3.63, 3.8) is 0 Å². The summed E-state index contributed by atoms with van der Waals surface area (Å²) in [6, 6.07) is 3.32. The van der Waals surface area contributed by atoms with E-state index < -0.39 is 0 Å². The van der Waals surface area contributed by atoms with Gasteiger partial charge in [-0.1, -0.05) is 0 Å². The number of hydrogen-bond acceptors (Lipinski definition) is 4. The molecule has 0 spiro atoms. The van der Waals surface area contributed by atoms with Crippen LogP contribution >= 0.6 is 11.3 Å². The Hall–Kier alpha value is -0.580. The normalized spacial score (nSPS) is 17.4. The van der Waals surface area contributed by atoms with Gasteiger partial charge in [-0.3, -0.25) is 0 Å². The van der Waals surface area contributed by atoms with Crippen LogP contribution in [0.3, 0.4) is 0 Å². The quantitative estimate of drug-likeness (QED) is 0.764. The van der Waals surface area contributed by atoms with E-state index in [0.717, 1.165) is 24.9 Å². The summed E-state index contributed by atoms with van der Waals surface area (Å²) in [4.78, 5) is 1.28. The Morgan fingerprint density at radius 2 is 2.38 bits per heavy atom. The molecular formula is C12H20N2OS. The molecule has 2 rings (SSSR count). The van der Waals surface area contributed by atoms with Crippen LogP contribution in [-0.4, -0.2) is 25.7 Å². The number of ether oxygens (including phenoxy) is 1. The van der Waals surface area contributed by atoms with Crippen molar-refractivity contribution >= 4 is 11.3 Å². The lowest BCUT2D eigenvalue weighted by atomic mass is 10.3. The van der Waals surface area contributed by atoms with E-state index in [1.807, 2.05) is 6.07 Å². The largest absolute Gasteiger partial charge is 0.496 e. The van der Waals surface area contributed by atoms with Crippen LogP contribution in [0.15, 0.2) is 11.4 Å². The lowest BCUT2D eigenvalue weighted by Gasteiger charge is -2.14. The van der Waals surface area contributed by atoms with Crippen LogP contribution in [0.25, 0.3) is 0 Å². The minimum Gasteiger partial charge on any atom is -0.496 e. The van der Waals surface area contributed by atoms with Crippen molar-refractivity contribution in [1.82, 2.24) is 10.6 Å². The van der Waals surface area contributed by atoms with Crippen LogP contribution in [0.1, 0.15) is 24.6 Å². The third-order valence-corrected chi connectivity index (χ3v) is 3.73. The van der Waals surface area contributed by atoms with Gasteiger partial charge in [0.1, 0.15) is 5.75 Å². The molecule has 1 fully saturated rings. The molecule has 1 saturated carbocycles. The molecule has 1 aliphatic carbocycles. The second-order valence-electron chi connectivity index (χ2n) is 4.38. The number of nitrogens with one attached hydrogen (secondary N) is 2. The van der Waals surface area contributed by atoms with Gasteiger partial charge in [0.05, 0.1) is 12.0 Å². The van der Waals surface area contributed by atoms with Crippen molar-refractivity contribution in [2.45, 2.75) is 38.4 Å². The minimum atomic E-state index is 0.507. The van der Waals surface area contributed by atoms with Gasteiger partial charge < -0.3 is 15.4 Å². The van der Waals surface area contributed by atoms with Gasteiger partial charge in [-0.05, 0) is 31.2 Å². The second kappa shape index (κ2) is 5.66. The lowest BCUT2D eigenvalue weighted by Crippen LogP contribution is -2.36. The fourth-order valence-electron chi connectivity index (χ4n) is 1.61. The first-order chi connectivity index (χ1) is 7.79. The summed E-state index contributed by atoms with van der Waals surface area (Å²) in [5, 5.41) is 9.11. The molecular weight excluding hydrogens is 220 g/mol. The highest BCUT2D eigenvalue weighted by atomic mass is 32.1. The van der Waals surface area contributed by atoms with Crippen molar-refractivity contribution in [3.05, 3.63) is 16.3 Å². The third-order valence-electron chi connectivity index (χ3n) is 2.83. The molecule has 0 bridgehead atoms. The van der Waals surface area contributed by atoms with Gasteiger partial charge in [-0.15, -0.1) is 11.3 Å². The van der Waals surface area contributed by atoms with Crippen LogP contribution in [0.2, 0.25) is 0 Å². The van der Waals surface area contributed by atoms with Crippen molar-refractivity contribution in [2.24, 2.45) is 0 Å². The molecule has 0 saturated heterocycles. The fraction of sp³-hybridized carbons (Fsp3) is 0.667. The van der Waals surface area contributed by atoms with Crippen LogP contribution in [0.4, 0.5) is 0 Å². The summed E-state index contributed by atoms with van der Waals surface area (Å²) in [5.74, 6) is 1.000. The van der Waals surface area contributed by atoms with Crippen LogP contribution < -0.4 is 15.4 Å². The zero-order chi connectivity index (χ0) is 11.4. The maximum Gasteiger partial charge on any atom is 0.134 e. The molecule has 0 amide bonds. The Bertz CT molecular complexity index is 323. The molecule has 2 N–H and O–H groups in total. The highest BCUT2D eigenvalue weighted by Gasteiger charge is 2.20. The molecule has 0 aliphatic heterocycles. The molecule has 1 aromatic heterocycles. The predicted octanol–water partition coefficient (Wildman–Crippen LogP) is 1.99. The molecule has 1 unspecified atom stereocenters. The smallest absolute Gasteiger partial charge is 0.134 e. The Kier molecular flexibility index (Phi) is 4.21. The summed E-state index contributed by atoms with van der Waals surface area (Å²) in [5.41, 5.74) is 0. The van der Waals surface area contributed by atoms with E-state index >= 15 is 0 Å². The van der Waals surface area contributed by atoms with E-state index in [0.29, 0.717) is 6.04 Å². The van der Waals surface area contributed by atoms with Crippen molar-refractivity contribution < 1.29 is 4.74 Å². The topological polar surface area (TPSA) is 33.3 Å². The van der Waals surface area contributed by atoms with Gasteiger partial charge in [0.25, 0.3) is 0 Å². The van der Waals surface area contributed by atoms with E-state index in [1.54, 1.807) is 18.4 Å². The SMILES string of the molecule is COc1ccsc1CNC(C)CNC1CC1.